The van der Waals surface area contributed by atoms with Crippen molar-refractivity contribution in [1.82, 2.24) is 4.98 Å². The Balaban J connectivity index is 2.05. The third kappa shape index (κ3) is 3.67. The van der Waals surface area contributed by atoms with Crippen LogP contribution in [0.15, 0.2) is 18.2 Å². The van der Waals surface area contributed by atoms with E-state index < -0.39 is 5.97 Å². The molecule has 0 aliphatic carbocycles. The standard InChI is InChI=1S/C14H20N2O3/c17-10-7-11-3-2-8-16(9-6-11)13-5-1-4-12(15-13)14(18)19/h1,4-5,11,17H,2-3,6-10H2,(H,18,19). The van der Waals surface area contributed by atoms with Crippen molar-refractivity contribution in [3.63, 3.8) is 0 Å². The molecule has 0 amide bonds. The zero-order chi connectivity index (χ0) is 13.7. The molecule has 5 heteroatoms. The third-order valence-corrected chi connectivity index (χ3v) is 3.66. The number of aromatic nitrogens is 1. The van der Waals surface area contributed by atoms with Crippen molar-refractivity contribution in [2.75, 3.05) is 24.6 Å². The van der Waals surface area contributed by atoms with Gasteiger partial charge in [-0.15, -0.1) is 0 Å². The van der Waals surface area contributed by atoms with Crippen LogP contribution in [0, 0.1) is 5.92 Å². The summed E-state index contributed by atoms with van der Waals surface area (Å²) in [7, 11) is 0. The first kappa shape index (κ1) is 13.8. The molecule has 19 heavy (non-hydrogen) atoms. The first-order valence-electron chi connectivity index (χ1n) is 6.77. The molecule has 2 N–H and O–H groups in total. The number of hydrogen-bond donors (Lipinski definition) is 2. The number of anilines is 1. The maximum absolute atomic E-state index is 10.9. The van der Waals surface area contributed by atoms with Crippen LogP contribution in [0.5, 0.6) is 0 Å². The van der Waals surface area contributed by atoms with Gasteiger partial charge in [0, 0.05) is 19.7 Å². The van der Waals surface area contributed by atoms with Gasteiger partial charge in [0.25, 0.3) is 0 Å². The van der Waals surface area contributed by atoms with E-state index in [9.17, 15) is 4.79 Å². The van der Waals surface area contributed by atoms with Gasteiger partial charge in [0.1, 0.15) is 5.82 Å². The van der Waals surface area contributed by atoms with Gasteiger partial charge in [-0.05, 0) is 43.7 Å². The van der Waals surface area contributed by atoms with Crippen molar-refractivity contribution >= 4 is 11.8 Å². The number of carboxylic acids is 1. The molecule has 1 aromatic rings. The van der Waals surface area contributed by atoms with E-state index >= 15 is 0 Å². The molecule has 2 rings (SSSR count). The molecule has 1 atom stereocenters. The molecule has 1 fully saturated rings. The Bertz CT molecular complexity index is 436. The molecule has 2 heterocycles. The predicted octanol–water partition coefficient (Wildman–Crippen LogP) is 1.77. The van der Waals surface area contributed by atoms with E-state index in [4.69, 9.17) is 10.2 Å². The smallest absolute Gasteiger partial charge is 0.354 e. The highest BCUT2D eigenvalue weighted by Crippen LogP contribution is 2.23. The van der Waals surface area contributed by atoms with E-state index in [1.807, 2.05) is 6.07 Å². The summed E-state index contributed by atoms with van der Waals surface area (Å²) in [5.74, 6) is 0.317. The molecule has 1 aliphatic rings. The van der Waals surface area contributed by atoms with E-state index in [1.54, 1.807) is 6.07 Å². The quantitative estimate of drug-likeness (QED) is 0.867. The van der Waals surface area contributed by atoms with Gasteiger partial charge in [-0.2, -0.15) is 0 Å². The summed E-state index contributed by atoms with van der Waals surface area (Å²) in [6.07, 6.45) is 4.06. The van der Waals surface area contributed by atoms with Gasteiger partial charge in [0.05, 0.1) is 0 Å². The van der Waals surface area contributed by atoms with Crippen LogP contribution in [0.25, 0.3) is 0 Å². The number of rotatable bonds is 4. The van der Waals surface area contributed by atoms with Gasteiger partial charge >= 0.3 is 5.97 Å². The SMILES string of the molecule is O=C(O)c1cccc(N2CCCC(CCO)CC2)n1. The molecular weight excluding hydrogens is 244 g/mol. The lowest BCUT2D eigenvalue weighted by Gasteiger charge is -2.21. The molecule has 0 bridgehead atoms. The van der Waals surface area contributed by atoms with Crippen molar-refractivity contribution in [1.29, 1.82) is 0 Å². The summed E-state index contributed by atoms with van der Waals surface area (Å²) < 4.78 is 0. The Labute approximate surface area is 112 Å². The normalized spacial score (nSPS) is 20.1. The minimum absolute atomic E-state index is 0.0913. The third-order valence-electron chi connectivity index (χ3n) is 3.66. The summed E-state index contributed by atoms with van der Waals surface area (Å²) in [4.78, 5) is 17.3. The van der Waals surface area contributed by atoms with E-state index in [0.717, 1.165) is 44.6 Å². The van der Waals surface area contributed by atoms with Crippen LogP contribution in [-0.4, -0.2) is 40.9 Å². The average Bonchev–Trinajstić information content (AvgIpc) is 2.65. The fraction of sp³-hybridized carbons (Fsp3) is 0.571. The molecule has 1 unspecified atom stereocenters. The molecule has 1 aromatic heterocycles. The number of carboxylic acid groups (broad SMARTS) is 1. The Hall–Kier alpha value is -1.62. The lowest BCUT2D eigenvalue weighted by atomic mass is 9.98. The van der Waals surface area contributed by atoms with E-state index in [-0.39, 0.29) is 12.3 Å². The zero-order valence-corrected chi connectivity index (χ0v) is 11.0. The van der Waals surface area contributed by atoms with Crippen molar-refractivity contribution in [3.8, 4) is 0 Å². The second-order valence-corrected chi connectivity index (χ2v) is 4.98. The highest BCUT2D eigenvalue weighted by atomic mass is 16.4. The molecular formula is C14H20N2O3. The predicted molar refractivity (Wildman–Crippen MR) is 72.5 cm³/mol. The Morgan fingerprint density at radius 3 is 2.95 bits per heavy atom. The molecule has 1 saturated heterocycles. The number of pyridine rings is 1. The topological polar surface area (TPSA) is 73.7 Å². The van der Waals surface area contributed by atoms with Crippen LogP contribution in [0.4, 0.5) is 5.82 Å². The minimum atomic E-state index is -0.991. The molecule has 0 spiro atoms. The van der Waals surface area contributed by atoms with Gasteiger partial charge in [-0.1, -0.05) is 6.07 Å². The monoisotopic (exact) mass is 264 g/mol. The lowest BCUT2D eigenvalue weighted by molar-refractivity contribution is 0.0690. The first-order chi connectivity index (χ1) is 9.20. The molecule has 104 valence electrons. The van der Waals surface area contributed by atoms with Gasteiger partial charge in [-0.25, -0.2) is 9.78 Å². The molecule has 1 aliphatic heterocycles. The van der Waals surface area contributed by atoms with Crippen molar-refractivity contribution < 1.29 is 15.0 Å². The van der Waals surface area contributed by atoms with E-state index in [0.29, 0.717) is 5.92 Å². The van der Waals surface area contributed by atoms with Crippen molar-refractivity contribution in [3.05, 3.63) is 23.9 Å². The second kappa shape index (κ2) is 6.52. The molecule has 0 radical (unpaired) electrons. The number of hydrogen-bond acceptors (Lipinski definition) is 4. The first-order valence-corrected chi connectivity index (χ1v) is 6.77. The Kier molecular flexibility index (Phi) is 4.74. The maximum atomic E-state index is 10.9. The average molecular weight is 264 g/mol. The summed E-state index contributed by atoms with van der Waals surface area (Å²) in [6, 6.07) is 5.11. The lowest BCUT2D eigenvalue weighted by Crippen LogP contribution is -2.25. The zero-order valence-electron chi connectivity index (χ0n) is 11.0. The van der Waals surface area contributed by atoms with E-state index in [1.165, 1.54) is 6.07 Å². The van der Waals surface area contributed by atoms with Gasteiger partial charge in [-0.3, -0.25) is 0 Å². The summed E-state index contributed by atoms with van der Waals surface area (Å²) in [6.45, 7) is 2.02. The maximum Gasteiger partial charge on any atom is 0.354 e. The number of aromatic carboxylic acids is 1. The number of aliphatic hydroxyl groups is 1. The highest BCUT2D eigenvalue weighted by molar-refractivity contribution is 5.85. The number of carbonyl (C=O) groups is 1. The second-order valence-electron chi connectivity index (χ2n) is 4.98. The number of aliphatic hydroxyl groups excluding tert-OH is 1. The minimum Gasteiger partial charge on any atom is -0.477 e. The van der Waals surface area contributed by atoms with Crippen LogP contribution < -0.4 is 4.90 Å². The van der Waals surface area contributed by atoms with Crippen LogP contribution in [0.2, 0.25) is 0 Å². The number of nitrogens with zero attached hydrogens (tertiary/aromatic N) is 2. The van der Waals surface area contributed by atoms with Gasteiger partial charge < -0.3 is 15.1 Å². The van der Waals surface area contributed by atoms with Gasteiger partial charge in [0.2, 0.25) is 0 Å². The highest BCUT2D eigenvalue weighted by Gasteiger charge is 2.18. The van der Waals surface area contributed by atoms with Gasteiger partial charge in [0.15, 0.2) is 5.69 Å². The Morgan fingerprint density at radius 2 is 2.21 bits per heavy atom. The Morgan fingerprint density at radius 1 is 1.37 bits per heavy atom. The molecule has 5 nitrogen and oxygen atoms in total. The van der Waals surface area contributed by atoms with Crippen molar-refractivity contribution in [2.45, 2.75) is 25.7 Å². The van der Waals surface area contributed by atoms with Crippen LogP contribution in [-0.2, 0) is 0 Å². The van der Waals surface area contributed by atoms with E-state index in [2.05, 4.69) is 9.88 Å². The van der Waals surface area contributed by atoms with Crippen LogP contribution in [0.1, 0.15) is 36.2 Å². The van der Waals surface area contributed by atoms with Crippen LogP contribution in [0.3, 0.4) is 0 Å². The largest absolute Gasteiger partial charge is 0.477 e. The van der Waals surface area contributed by atoms with Crippen molar-refractivity contribution in [2.24, 2.45) is 5.92 Å². The fourth-order valence-corrected chi connectivity index (χ4v) is 2.58. The molecule has 0 saturated carbocycles. The van der Waals surface area contributed by atoms with Crippen LogP contribution >= 0.6 is 0 Å². The summed E-state index contributed by atoms with van der Waals surface area (Å²) >= 11 is 0. The summed E-state index contributed by atoms with van der Waals surface area (Å²) in [5.41, 5.74) is 0.0913. The fourth-order valence-electron chi connectivity index (χ4n) is 2.58. The molecule has 0 aromatic carbocycles. The summed E-state index contributed by atoms with van der Waals surface area (Å²) in [5, 5.41) is 18.0.